The number of carbonyl (C=O) groups is 1. The van der Waals surface area contributed by atoms with Crippen LogP contribution in [0, 0.1) is 5.92 Å². The van der Waals surface area contributed by atoms with Gasteiger partial charge in [-0.2, -0.15) is 0 Å². The number of tetrazole rings is 1. The summed E-state index contributed by atoms with van der Waals surface area (Å²) in [5.41, 5.74) is 2.32. The van der Waals surface area contributed by atoms with Gasteiger partial charge in [0.05, 0.1) is 6.54 Å². The second-order valence-corrected chi connectivity index (χ2v) is 8.23. The Labute approximate surface area is 174 Å². The molecular formula is C22H24N6O2. The lowest BCUT2D eigenvalue weighted by molar-refractivity contribution is -0.134. The van der Waals surface area contributed by atoms with Gasteiger partial charge < -0.3 is 9.47 Å². The van der Waals surface area contributed by atoms with E-state index < -0.39 is 0 Å². The second-order valence-electron chi connectivity index (χ2n) is 8.23. The molecule has 1 fully saturated rings. The first kappa shape index (κ1) is 18.7. The molecule has 5 rings (SSSR count). The summed E-state index contributed by atoms with van der Waals surface area (Å²) in [7, 11) is 0. The average molecular weight is 404 g/mol. The lowest BCUT2D eigenvalue weighted by atomic mass is 9.76. The van der Waals surface area contributed by atoms with Crippen LogP contribution < -0.4 is 5.56 Å². The molecule has 2 aliphatic heterocycles. The number of carbonyl (C=O) groups excluding carboxylic acids is 1. The van der Waals surface area contributed by atoms with E-state index in [4.69, 9.17) is 0 Å². The highest BCUT2D eigenvalue weighted by Gasteiger charge is 2.41. The predicted molar refractivity (Wildman–Crippen MR) is 110 cm³/mol. The van der Waals surface area contributed by atoms with E-state index in [1.165, 1.54) is 11.9 Å². The van der Waals surface area contributed by atoms with E-state index in [-0.39, 0.29) is 29.3 Å². The van der Waals surface area contributed by atoms with Crippen molar-refractivity contribution in [1.82, 2.24) is 29.7 Å². The lowest BCUT2D eigenvalue weighted by Gasteiger charge is -2.47. The molecule has 3 aromatic rings. The number of aromatic nitrogens is 5. The zero-order valence-corrected chi connectivity index (χ0v) is 16.7. The minimum Gasteiger partial charge on any atom is -0.342 e. The Bertz CT molecular complexity index is 1080. The predicted octanol–water partition coefficient (Wildman–Crippen LogP) is 1.65. The summed E-state index contributed by atoms with van der Waals surface area (Å²) >= 11 is 0. The van der Waals surface area contributed by atoms with Gasteiger partial charge in [0.25, 0.3) is 5.56 Å². The van der Waals surface area contributed by atoms with Crippen LogP contribution in [0.2, 0.25) is 0 Å². The van der Waals surface area contributed by atoms with Gasteiger partial charge in [-0.05, 0) is 40.8 Å². The molecule has 3 atom stereocenters. The Morgan fingerprint density at radius 2 is 1.93 bits per heavy atom. The molecule has 0 aliphatic carbocycles. The van der Waals surface area contributed by atoms with Gasteiger partial charge in [0.2, 0.25) is 5.91 Å². The smallest absolute Gasteiger partial charge is 0.251 e. The molecule has 0 saturated carbocycles. The molecule has 2 aliphatic rings. The normalized spacial score (nSPS) is 22.5. The van der Waals surface area contributed by atoms with Crippen molar-refractivity contribution in [2.24, 2.45) is 5.92 Å². The number of aryl methyl sites for hydroxylation is 1. The van der Waals surface area contributed by atoms with Crippen LogP contribution in [0.15, 0.2) is 59.7 Å². The number of likely N-dealkylation sites (tertiary alicyclic amines) is 1. The van der Waals surface area contributed by atoms with Crippen molar-refractivity contribution in [2.45, 2.75) is 37.8 Å². The fourth-order valence-corrected chi connectivity index (χ4v) is 5.01. The number of nitrogens with zero attached hydrogens (tertiary/aromatic N) is 6. The van der Waals surface area contributed by atoms with Crippen LogP contribution in [0.5, 0.6) is 0 Å². The average Bonchev–Trinajstić information content (AvgIpc) is 3.29. The Kier molecular flexibility index (Phi) is 4.90. The molecule has 0 unspecified atom stereocenters. The molecule has 0 spiro atoms. The van der Waals surface area contributed by atoms with Gasteiger partial charge in [-0.1, -0.05) is 36.4 Å². The molecule has 154 valence electrons. The van der Waals surface area contributed by atoms with E-state index in [2.05, 4.69) is 33.7 Å². The number of piperidine rings is 1. The molecule has 1 amide bonds. The fraction of sp³-hybridized carbons (Fsp3) is 0.409. The third kappa shape index (κ3) is 3.53. The van der Waals surface area contributed by atoms with Crippen LogP contribution in [-0.4, -0.2) is 48.7 Å². The van der Waals surface area contributed by atoms with E-state index in [0.717, 1.165) is 18.5 Å². The summed E-state index contributed by atoms with van der Waals surface area (Å²) < 4.78 is 3.57. The SMILES string of the molecule is O=C(CCn1cnnn1)N1C[C@H]2C[C@@H](C1)[C@H](Cc1ccccc1)n1c2cccc1=O. The van der Waals surface area contributed by atoms with E-state index in [1.54, 1.807) is 10.7 Å². The van der Waals surface area contributed by atoms with Crippen molar-refractivity contribution >= 4 is 5.91 Å². The highest BCUT2D eigenvalue weighted by Crippen LogP contribution is 2.42. The van der Waals surface area contributed by atoms with Crippen molar-refractivity contribution in [2.75, 3.05) is 13.1 Å². The summed E-state index contributed by atoms with van der Waals surface area (Å²) in [6.07, 6.45) is 3.70. The first-order valence-corrected chi connectivity index (χ1v) is 10.4. The largest absolute Gasteiger partial charge is 0.342 e. The van der Waals surface area contributed by atoms with Crippen LogP contribution >= 0.6 is 0 Å². The van der Waals surface area contributed by atoms with Gasteiger partial charge in [-0.3, -0.25) is 9.59 Å². The molecule has 2 bridgehead atoms. The highest BCUT2D eigenvalue weighted by molar-refractivity contribution is 5.76. The molecule has 8 nitrogen and oxygen atoms in total. The van der Waals surface area contributed by atoms with Crippen molar-refractivity contribution in [1.29, 1.82) is 0 Å². The Hall–Kier alpha value is -3.29. The Balaban J connectivity index is 1.41. The Morgan fingerprint density at radius 3 is 2.73 bits per heavy atom. The van der Waals surface area contributed by atoms with Gasteiger partial charge >= 0.3 is 0 Å². The quantitative estimate of drug-likeness (QED) is 0.646. The fourth-order valence-electron chi connectivity index (χ4n) is 5.01. The van der Waals surface area contributed by atoms with Crippen molar-refractivity contribution in [3.63, 3.8) is 0 Å². The number of amides is 1. The van der Waals surface area contributed by atoms with Crippen molar-refractivity contribution in [3.05, 3.63) is 76.5 Å². The van der Waals surface area contributed by atoms with Gasteiger partial charge in [0.15, 0.2) is 0 Å². The van der Waals surface area contributed by atoms with Crippen LogP contribution in [0.3, 0.4) is 0 Å². The second kappa shape index (κ2) is 7.85. The minimum absolute atomic E-state index is 0.0570. The number of rotatable bonds is 5. The van der Waals surface area contributed by atoms with Gasteiger partial charge in [-0.15, -0.1) is 5.10 Å². The van der Waals surface area contributed by atoms with E-state index in [0.29, 0.717) is 26.1 Å². The summed E-state index contributed by atoms with van der Waals surface area (Å²) in [6, 6.07) is 15.9. The maximum Gasteiger partial charge on any atom is 0.251 e. The van der Waals surface area contributed by atoms with E-state index in [9.17, 15) is 9.59 Å². The third-order valence-corrected chi connectivity index (χ3v) is 6.38. The zero-order chi connectivity index (χ0) is 20.5. The molecule has 1 aromatic carbocycles. The summed E-state index contributed by atoms with van der Waals surface area (Å²) in [5, 5.41) is 11.1. The van der Waals surface area contributed by atoms with Crippen molar-refractivity contribution < 1.29 is 4.79 Å². The molecule has 0 N–H and O–H groups in total. The molecule has 30 heavy (non-hydrogen) atoms. The van der Waals surface area contributed by atoms with Gasteiger partial charge in [0.1, 0.15) is 6.33 Å². The molecule has 0 radical (unpaired) electrons. The summed E-state index contributed by atoms with van der Waals surface area (Å²) in [6.45, 7) is 1.82. The first-order valence-electron chi connectivity index (χ1n) is 10.4. The van der Waals surface area contributed by atoms with E-state index in [1.807, 2.05) is 33.7 Å². The van der Waals surface area contributed by atoms with E-state index >= 15 is 0 Å². The molecule has 8 heteroatoms. The highest BCUT2D eigenvalue weighted by atomic mass is 16.2. The molecule has 1 saturated heterocycles. The van der Waals surface area contributed by atoms with Crippen LogP contribution in [0.4, 0.5) is 0 Å². The van der Waals surface area contributed by atoms with Crippen LogP contribution in [0.25, 0.3) is 0 Å². The molecule has 4 heterocycles. The molecule has 2 aromatic heterocycles. The number of benzene rings is 1. The number of fused-ring (bicyclic) bond motifs is 4. The topological polar surface area (TPSA) is 85.9 Å². The number of hydrogen-bond donors (Lipinski definition) is 0. The third-order valence-electron chi connectivity index (χ3n) is 6.38. The monoisotopic (exact) mass is 404 g/mol. The van der Waals surface area contributed by atoms with Gasteiger partial charge in [-0.25, -0.2) is 4.68 Å². The Morgan fingerprint density at radius 1 is 1.07 bits per heavy atom. The number of pyridine rings is 1. The maximum absolute atomic E-state index is 12.9. The standard InChI is InChI=1S/C22H24N6O2/c29-21(9-10-27-15-23-24-25-27)26-13-17-12-18(14-26)20(11-16-5-2-1-3-6-16)28-19(17)7-4-8-22(28)30/h1-8,15,17-18,20H,9-14H2/t17-,18+,20+/m1/s1. The number of hydrogen-bond acceptors (Lipinski definition) is 5. The van der Waals surface area contributed by atoms with Crippen LogP contribution in [0.1, 0.15) is 36.1 Å². The minimum atomic E-state index is 0.0570. The first-order chi connectivity index (χ1) is 14.7. The summed E-state index contributed by atoms with van der Waals surface area (Å²) in [4.78, 5) is 27.7. The summed E-state index contributed by atoms with van der Waals surface area (Å²) in [5.74, 6) is 0.570. The molecular weight excluding hydrogens is 380 g/mol. The van der Waals surface area contributed by atoms with Crippen LogP contribution in [-0.2, 0) is 17.8 Å². The maximum atomic E-state index is 12.9. The van der Waals surface area contributed by atoms with Crippen molar-refractivity contribution in [3.8, 4) is 0 Å². The zero-order valence-electron chi connectivity index (χ0n) is 16.7. The van der Waals surface area contributed by atoms with Gasteiger partial charge in [0, 0.05) is 43.2 Å². The lowest BCUT2D eigenvalue weighted by Crippen LogP contribution is -2.51.